The summed E-state index contributed by atoms with van der Waals surface area (Å²) in [6, 6.07) is 6.65. The van der Waals surface area contributed by atoms with Crippen LogP contribution < -0.4 is 4.74 Å². The predicted molar refractivity (Wildman–Crippen MR) is 78.1 cm³/mol. The first-order valence-corrected chi connectivity index (χ1v) is 7.25. The van der Waals surface area contributed by atoms with Gasteiger partial charge in [-0.25, -0.2) is 14.4 Å². The summed E-state index contributed by atoms with van der Waals surface area (Å²) in [4.78, 5) is 7.92. The number of ether oxygens (including phenoxy) is 1. The molecule has 2 aromatic rings. The van der Waals surface area contributed by atoms with Crippen molar-refractivity contribution in [2.45, 2.75) is 11.2 Å². The van der Waals surface area contributed by atoms with Gasteiger partial charge in [0.15, 0.2) is 0 Å². The molecule has 0 radical (unpaired) electrons. The summed E-state index contributed by atoms with van der Waals surface area (Å²) in [6.07, 6.45) is 1.97. The maximum absolute atomic E-state index is 13.8. The molecule has 3 nitrogen and oxygen atoms in total. The van der Waals surface area contributed by atoms with Gasteiger partial charge in [-0.2, -0.15) is 0 Å². The first-order chi connectivity index (χ1) is 9.11. The van der Waals surface area contributed by atoms with Gasteiger partial charge in [0.1, 0.15) is 12.1 Å². The fourth-order valence-electron chi connectivity index (χ4n) is 1.70. The van der Waals surface area contributed by atoms with Gasteiger partial charge in [-0.15, -0.1) is 0 Å². The number of rotatable bonds is 4. The third kappa shape index (κ3) is 3.51. The Hall–Kier alpha value is -1.01. The Kier molecular flexibility index (Phi) is 4.87. The monoisotopic (exact) mass is 388 g/mol. The molecule has 0 saturated heterocycles. The van der Waals surface area contributed by atoms with Gasteiger partial charge in [0.2, 0.25) is 5.88 Å². The van der Waals surface area contributed by atoms with Crippen molar-refractivity contribution in [3.63, 3.8) is 0 Å². The van der Waals surface area contributed by atoms with Crippen LogP contribution in [0.2, 0.25) is 0 Å². The highest BCUT2D eigenvalue weighted by atomic mass is 79.9. The van der Waals surface area contributed by atoms with Gasteiger partial charge in [0.05, 0.1) is 7.11 Å². The number of halogens is 3. The van der Waals surface area contributed by atoms with E-state index in [0.29, 0.717) is 17.9 Å². The van der Waals surface area contributed by atoms with Crippen LogP contribution in [0.3, 0.4) is 0 Å². The third-order valence-corrected chi connectivity index (χ3v) is 4.08. The number of methoxy groups -OCH3 is 1. The number of benzene rings is 1. The van der Waals surface area contributed by atoms with Crippen LogP contribution in [0.1, 0.15) is 16.1 Å². The molecule has 1 aromatic heterocycles. The van der Waals surface area contributed by atoms with E-state index in [1.165, 1.54) is 12.4 Å². The summed E-state index contributed by atoms with van der Waals surface area (Å²) in [7, 11) is 1.55. The number of hydrogen-bond acceptors (Lipinski definition) is 3. The highest BCUT2D eigenvalue weighted by molar-refractivity contribution is 9.11. The standard InChI is InChI=1S/C13H11Br2FN2O/c1-19-12-6-8(17-7-18-12)5-10(15)13-9(14)3-2-4-11(13)16/h2-4,6-7,10H,5H2,1H3. The maximum Gasteiger partial charge on any atom is 0.216 e. The maximum atomic E-state index is 13.8. The van der Waals surface area contributed by atoms with E-state index in [-0.39, 0.29) is 10.6 Å². The molecule has 0 aliphatic rings. The van der Waals surface area contributed by atoms with Gasteiger partial charge in [-0.05, 0) is 12.1 Å². The minimum absolute atomic E-state index is 0.178. The number of alkyl halides is 1. The highest BCUT2D eigenvalue weighted by Gasteiger charge is 2.17. The van der Waals surface area contributed by atoms with Crippen LogP contribution in [0.5, 0.6) is 5.88 Å². The van der Waals surface area contributed by atoms with E-state index in [0.717, 1.165) is 10.2 Å². The van der Waals surface area contributed by atoms with Gasteiger partial charge < -0.3 is 4.74 Å². The third-order valence-electron chi connectivity index (χ3n) is 2.61. The lowest BCUT2D eigenvalue weighted by Gasteiger charge is -2.13. The van der Waals surface area contributed by atoms with Crippen molar-refractivity contribution in [3.05, 3.63) is 52.1 Å². The zero-order chi connectivity index (χ0) is 13.8. The van der Waals surface area contributed by atoms with Crippen molar-refractivity contribution >= 4 is 31.9 Å². The van der Waals surface area contributed by atoms with Crippen molar-refractivity contribution in [2.24, 2.45) is 0 Å². The van der Waals surface area contributed by atoms with Crippen molar-refractivity contribution in [1.29, 1.82) is 0 Å². The van der Waals surface area contributed by atoms with E-state index < -0.39 is 0 Å². The Balaban J connectivity index is 2.23. The molecule has 0 bridgehead atoms. The normalized spacial score (nSPS) is 12.2. The van der Waals surface area contributed by atoms with Crippen LogP contribution in [-0.2, 0) is 6.42 Å². The minimum Gasteiger partial charge on any atom is -0.481 e. The molecule has 0 saturated carbocycles. The lowest BCUT2D eigenvalue weighted by atomic mass is 10.1. The zero-order valence-corrected chi connectivity index (χ0v) is 13.3. The van der Waals surface area contributed by atoms with E-state index in [1.54, 1.807) is 19.2 Å². The van der Waals surface area contributed by atoms with Crippen LogP contribution in [-0.4, -0.2) is 17.1 Å². The predicted octanol–water partition coefficient (Wildman–Crippen LogP) is 4.07. The fraction of sp³-hybridized carbons (Fsp3) is 0.231. The summed E-state index contributed by atoms with van der Waals surface area (Å²) in [5.41, 5.74) is 1.36. The summed E-state index contributed by atoms with van der Waals surface area (Å²) >= 11 is 6.86. The smallest absolute Gasteiger partial charge is 0.216 e. The molecule has 2 rings (SSSR count). The second kappa shape index (κ2) is 6.43. The van der Waals surface area contributed by atoms with Crippen molar-refractivity contribution < 1.29 is 9.13 Å². The second-order valence-electron chi connectivity index (χ2n) is 3.86. The van der Waals surface area contributed by atoms with Crippen LogP contribution in [0.15, 0.2) is 35.1 Å². The lowest BCUT2D eigenvalue weighted by Crippen LogP contribution is -2.02. The van der Waals surface area contributed by atoms with Gasteiger partial charge in [-0.1, -0.05) is 37.9 Å². The Bertz CT molecular complexity index is 560. The highest BCUT2D eigenvalue weighted by Crippen LogP contribution is 2.34. The molecular formula is C13H11Br2FN2O. The van der Waals surface area contributed by atoms with E-state index in [2.05, 4.69) is 41.8 Å². The second-order valence-corrected chi connectivity index (χ2v) is 5.82. The zero-order valence-electron chi connectivity index (χ0n) is 10.1. The molecule has 6 heteroatoms. The summed E-state index contributed by atoms with van der Waals surface area (Å²) in [5.74, 6) is 0.245. The molecule has 0 aliphatic heterocycles. The van der Waals surface area contributed by atoms with Gasteiger partial charge in [-0.3, -0.25) is 0 Å². The van der Waals surface area contributed by atoms with Crippen LogP contribution in [0.25, 0.3) is 0 Å². The van der Waals surface area contributed by atoms with Crippen LogP contribution >= 0.6 is 31.9 Å². The molecule has 0 N–H and O–H groups in total. The van der Waals surface area contributed by atoms with Crippen molar-refractivity contribution in [2.75, 3.05) is 7.11 Å². The number of hydrogen-bond donors (Lipinski definition) is 0. The first-order valence-electron chi connectivity index (χ1n) is 5.54. The average Bonchev–Trinajstić information content (AvgIpc) is 2.38. The van der Waals surface area contributed by atoms with E-state index >= 15 is 0 Å². The van der Waals surface area contributed by atoms with Crippen LogP contribution in [0.4, 0.5) is 4.39 Å². The number of nitrogens with zero attached hydrogens (tertiary/aromatic N) is 2. The fourth-order valence-corrected chi connectivity index (χ4v) is 3.42. The molecule has 0 spiro atoms. The Morgan fingerprint density at radius 3 is 2.84 bits per heavy atom. The van der Waals surface area contributed by atoms with Crippen molar-refractivity contribution in [1.82, 2.24) is 9.97 Å². The largest absolute Gasteiger partial charge is 0.481 e. The molecule has 0 fully saturated rings. The molecule has 1 unspecified atom stereocenters. The van der Waals surface area contributed by atoms with Gasteiger partial charge in [0, 0.05) is 33.0 Å². The lowest BCUT2D eigenvalue weighted by molar-refractivity contribution is 0.396. The summed E-state index contributed by atoms with van der Waals surface area (Å²) in [6.45, 7) is 0. The van der Waals surface area contributed by atoms with Gasteiger partial charge in [0.25, 0.3) is 0 Å². The summed E-state index contributed by atoms with van der Waals surface area (Å²) in [5, 5.41) is 0. The topological polar surface area (TPSA) is 35.0 Å². The van der Waals surface area contributed by atoms with E-state index in [9.17, 15) is 4.39 Å². The number of aromatic nitrogens is 2. The molecular weight excluding hydrogens is 379 g/mol. The average molecular weight is 390 g/mol. The molecule has 0 amide bonds. The molecule has 0 aliphatic carbocycles. The molecule has 1 aromatic carbocycles. The summed E-state index contributed by atoms with van der Waals surface area (Å²) < 4.78 is 19.6. The van der Waals surface area contributed by atoms with E-state index in [4.69, 9.17) is 4.74 Å². The SMILES string of the molecule is COc1cc(CC(Br)c2c(F)cccc2Br)ncn1. The quantitative estimate of drug-likeness (QED) is 0.739. The first kappa shape index (κ1) is 14.4. The molecule has 100 valence electrons. The minimum atomic E-state index is -0.253. The Morgan fingerprint density at radius 1 is 1.37 bits per heavy atom. The molecule has 19 heavy (non-hydrogen) atoms. The van der Waals surface area contributed by atoms with Crippen molar-refractivity contribution in [3.8, 4) is 5.88 Å². The van der Waals surface area contributed by atoms with E-state index in [1.807, 2.05) is 6.07 Å². The molecule has 1 heterocycles. The molecule has 1 atom stereocenters. The Morgan fingerprint density at radius 2 is 2.16 bits per heavy atom. The van der Waals surface area contributed by atoms with Crippen LogP contribution in [0, 0.1) is 5.82 Å². The van der Waals surface area contributed by atoms with Gasteiger partial charge >= 0.3 is 0 Å². The Labute approximate surface area is 127 Å².